The number of carbonyl (C=O) groups excluding carboxylic acids is 2. The lowest BCUT2D eigenvalue weighted by molar-refractivity contribution is -0.161. The number of rotatable bonds is 5. The number of amides is 1. The average molecular weight is 432 g/mol. The van der Waals surface area contributed by atoms with E-state index < -0.39 is 18.1 Å². The lowest BCUT2D eigenvalue weighted by atomic mass is 10.0. The summed E-state index contributed by atoms with van der Waals surface area (Å²) >= 11 is 3.42. The quantitative estimate of drug-likeness (QED) is 0.712. The van der Waals surface area contributed by atoms with Crippen molar-refractivity contribution in [2.24, 2.45) is 0 Å². The van der Waals surface area contributed by atoms with Crippen molar-refractivity contribution in [3.8, 4) is 0 Å². The number of benzene rings is 2. The van der Waals surface area contributed by atoms with E-state index in [0.717, 1.165) is 10.0 Å². The fourth-order valence-corrected chi connectivity index (χ4v) is 3.21. The number of halogens is 1. The SMILES string of the molecule is CN(C)C(=O)C(OC(=O)C1CC(c2ccc(Br)cc2)NN1)c1ccccc1. The van der Waals surface area contributed by atoms with E-state index in [4.69, 9.17) is 4.74 Å². The highest BCUT2D eigenvalue weighted by Crippen LogP contribution is 2.26. The van der Waals surface area contributed by atoms with E-state index in [-0.39, 0.29) is 11.9 Å². The van der Waals surface area contributed by atoms with E-state index in [1.807, 2.05) is 42.5 Å². The van der Waals surface area contributed by atoms with Gasteiger partial charge in [0.25, 0.3) is 5.91 Å². The van der Waals surface area contributed by atoms with Gasteiger partial charge in [-0.15, -0.1) is 0 Å². The van der Waals surface area contributed by atoms with Gasteiger partial charge in [-0.3, -0.25) is 9.59 Å². The summed E-state index contributed by atoms with van der Waals surface area (Å²) in [5.74, 6) is -0.726. The summed E-state index contributed by atoms with van der Waals surface area (Å²) in [6.07, 6.45) is -0.416. The molecule has 3 rings (SSSR count). The van der Waals surface area contributed by atoms with Gasteiger partial charge in [-0.25, -0.2) is 10.9 Å². The van der Waals surface area contributed by atoms with E-state index in [2.05, 4.69) is 26.8 Å². The van der Waals surface area contributed by atoms with Gasteiger partial charge in [-0.05, 0) is 24.1 Å². The van der Waals surface area contributed by atoms with Gasteiger partial charge in [0.05, 0.1) is 0 Å². The molecular weight excluding hydrogens is 410 g/mol. The van der Waals surface area contributed by atoms with Gasteiger partial charge in [0, 0.05) is 30.2 Å². The minimum absolute atomic E-state index is 0.00428. The summed E-state index contributed by atoms with van der Waals surface area (Å²) in [4.78, 5) is 26.6. The molecule has 0 saturated carbocycles. The molecule has 1 heterocycles. The van der Waals surface area contributed by atoms with E-state index in [1.54, 1.807) is 26.2 Å². The number of nitrogens with zero attached hydrogens (tertiary/aromatic N) is 1. The zero-order valence-electron chi connectivity index (χ0n) is 15.2. The molecule has 2 aromatic carbocycles. The van der Waals surface area contributed by atoms with Crippen LogP contribution >= 0.6 is 15.9 Å². The number of hydrazine groups is 1. The second-order valence-electron chi connectivity index (χ2n) is 6.64. The second-order valence-corrected chi connectivity index (χ2v) is 7.56. The standard InChI is InChI=1S/C20H22BrN3O3/c1-24(2)19(25)18(14-6-4-3-5-7-14)27-20(26)17-12-16(22-23-17)13-8-10-15(21)11-9-13/h3-11,16-18,22-23H,12H2,1-2H3. The monoisotopic (exact) mass is 431 g/mol. The van der Waals surface area contributed by atoms with E-state index in [0.29, 0.717) is 12.0 Å². The first-order valence-corrected chi connectivity index (χ1v) is 9.48. The molecule has 27 heavy (non-hydrogen) atoms. The maximum atomic E-state index is 12.7. The van der Waals surface area contributed by atoms with Crippen molar-refractivity contribution in [2.75, 3.05) is 14.1 Å². The summed E-state index contributed by atoms with van der Waals surface area (Å²) in [6, 6.07) is 16.4. The first-order chi connectivity index (χ1) is 13.0. The Morgan fingerprint density at radius 2 is 1.74 bits per heavy atom. The van der Waals surface area contributed by atoms with Gasteiger partial charge in [0.1, 0.15) is 6.04 Å². The first kappa shape index (κ1) is 19.5. The van der Waals surface area contributed by atoms with E-state index in [1.165, 1.54) is 4.90 Å². The van der Waals surface area contributed by atoms with Crippen LogP contribution in [0.1, 0.15) is 29.7 Å². The Morgan fingerprint density at radius 1 is 1.07 bits per heavy atom. The molecule has 2 aromatic rings. The van der Waals surface area contributed by atoms with Crippen LogP contribution in [0.25, 0.3) is 0 Å². The Morgan fingerprint density at radius 3 is 2.37 bits per heavy atom. The Balaban J connectivity index is 1.69. The molecule has 1 fully saturated rings. The summed E-state index contributed by atoms with van der Waals surface area (Å²) in [6.45, 7) is 0. The topological polar surface area (TPSA) is 70.7 Å². The minimum atomic E-state index is -0.956. The van der Waals surface area contributed by atoms with Crippen LogP contribution in [0.4, 0.5) is 0 Å². The third-order valence-electron chi connectivity index (χ3n) is 4.46. The molecule has 142 valence electrons. The second kappa shape index (κ2) is 8.65. The largest absolute Gasteiger partial charge is 0.446 e. The molecule has 0 aliphatic carbocycles. The highest BCUT2D eigenvalue weighted by molar-refractivity contribution is 9.10. The third-order valence-corrected chi connectivity index (χ3v) is 4.99. The van der Waals surface area contributed by atoms with Gasteiger partial charge in [-0.1, -0.05) is 58.4 Å². The van der Waals surface area contributed by atoms with Gasteiger partial charge in [0.15, 0.2) is 0 Å². The van der Waals surface area contributed by atoms with Crippen LogP contribution in [-0.4, -0.2) is 36.9 Å². The Bertz CT molecular complexity index is 796. The predicted molar refractivity (Wildman–Crippen MR) is 106 cm³/mol. The Kier molecular flexibility index (Phi) is 6.26. The van der Waals surface area contributed by atoms with Gasteiger partial charge in [-0.2, -0.15) is 0 Å². The van der Waals surface area contributed by atoms with Crippen LogP contribution in [0.2, 0.25) is 0 Å². The smallest absolute Gasteiger partial charge is 0.325 e. The molecule has 0 spiro atoms. The number of esters is 1. The van der Waals surface area contributed by atoms with Crippen LogP contribution in [0.15, 0.2) is 59.1 Å². The van der Waals surface area contributed by atoms with Crippen LogP contribution in [0.5, 0.6) is 0 Å². The molecule has 0 aromatic heterocycles. The van der Waals surface area contributed by atoms with Crippen molar-refractivity contribution in [2.45, 2.75) is 24.6 Å². The zero-order valence-corrected chi connectivity index (χ0v) is 16.8. The van der Waals surface area contributed by atoms with Crippen molar-refractivity contribution in [1.82, 2.24) is 15.8 Å². The third kappa shape index (κ3) is 4.74. The molecule has 1 aliphatic rings. The van der Waals surface area contributed by atoms with Crippen molar-refractivity contribution < 1.29 is 14.3 Å². The molecule has 1 amide bonds. The maximum absolute atomic E-state index is 12.7. The van der Waals surface area contributed by atoms with Crippen LogP contribution in [-0.2, 0) is 14.3 Å². The normalized spacial score (nSPS) is 20.1. The van der Waals surface area contributed by atoms with Crippen molar-refractivity contribution >= 4 is 27.8 Å². The number of nitrogens with one attached hydrogen (secondary N) is 2. The average Bonchev–Trinajstić information content (AvgIpc) is 3.17. The number of hydrogen-bond donors (Lipinski definition) is 2. The molecule has 1 aliphatic heterocycles. The molecule has 0 radical (unpaired) electrons. The van der Waals surface area contributed by atoms with E-state index >= 15 is 0 Å². The molecule has 0 bridgehead atoms. The molecule has 1 saturated heterocycles. The van der Waals surface area contributed by atoms with Crippen molar-refractivity contribution in [3.63, 3.8) is 0 Å². The lowest BCUT2D eigenvalue weighted by Gasteiger charge is -2.22. The highest BCUT2D eigenvalue weighted by Gasteiger charge is 2.35. The molecule has 6 nitrogen and oxygen atoms in total. The van der Waals surface area contributed by atoms with Gasteiger partial charge in [0.2, 0.25) is 6.10 Å². The Labute approximate surface area is 167 Å². The Hall–Kier alpha value is -2.22. The highest BCUT2D eigenvalue weighted by atomic mass is 79.9. The molecule has 3 unspecified atom stereocenters. The van der Waals surface area contributed by atoms with Gasteiger partial charge >= 0.3 is 5.97 Å². The predicted octanol–water partition coefficient (Wildman–Crippen LogP) is 2.73. The lowest BCUT2D eigenvalue weighted by Crippen LogP contribution is -2.40. The zero-order chi connectivity index (χ0) is 19.4. The summed E-state index contributed by atoms with van der Waals surface area (Å²) in [5, 5.41) is 0. The fraction of sp³-hybridized carbons (Fsp3) is 0.300. The van der Waals surface area contributed by atoms with Crippen molar-refractivity contribution in [1.29, 1.82) is 0 Å². The minimum Gasteiger partial charge on any atom is -0.446 e. The molecular formula is C20H22BrN3O3. The number of hydrogen-bond acceptors (Lipinski definition) is 5. The maximum Gasteiger partial charge on any atom is 0.325 e. The molecule has 3 atom stereocenters. The number of ether oxygens (including phenoxy) is 1. The molecule has 2 N–H and O–H groups in total. The first-order valence-electron chi connectivity index (χ1n) is 8.69. The number of carbonyl (C=O) groups is 2. The number of likely N-dealkylation sites (N-methyl/N-ethyl adjacent to an activating group) is 1. The van der Waals surface area contributed by atoms with E-state index in [9.17, 15) is 9.59 Å². The summed E-state index contributed by atoms with van der Waals surface area (Å²) in [7, 11) is 3.29. The fourth-order valence-electron chi connectivity index (χ4n) is 2.95. The van der Waals surface area contributed by atoms with Gasteiger partial charge < -0.3 is 9.64 Å². The van der Waals surface area contributed by atoms with Crippen LogP contribution < -0.4 is 10.9 Å². The van der Waals surface area contributed by atoms with Crippen molar-refractivity contribution in [3.05, 3.63) is 70.2 Å². The summed E-state index contributed by atoms with van der Waals surface area (Å²) in [5.41, 5.74) is 7.84. The van der Waals surface area contributed by atoms with Crippen LogP contribution in [0, 0.1) is 0 Å². The molecule has 7 heteroatoms. The van der Waals surface area contributed by atoms with Crippen LogP contribution in [0.3, 0.4) is 0 Å². The summed E-state index contributed by atoms with van der Waals surface area (Å²) < 4.78 is 6.61.